The largest absolute Gasteiger partial charge is 0.456 e. The quantitative estimate of drug-likeness (QED) is 0.197. The van der Waals surface area contributed by atoms with Crippen LogP contribution >= 0.6 is 0 Å². The number of fused-ring (bicyclic) bond motifs is 8. The first-order valence-electron chi connectivity index (χ1n) is 15.9. The van der Waals surface area contributed by atoms with Gasteiger partial charge in [0.25, 0.3) is 0 Å². The van der Waals surface area contributed by atoms with Gasteiger partial charge in [-0.25, -0.2) is 15.0 Å². The van der Waals surface area contributed by atoms with E-state index in [2.05, 4.69) is 60.7 Å². The Bertz CT molecular complexity index is 2780. The summed E-state index contributed by atoms with van der Waals surface area (Å²) in [5.74, 6) is 1.82. The molecule has 0 saturated heterocycles. The molecule has 0 saturated carbocycles. The van der Waals surface area contributed by atoms with Gasteiger partial charge in [0, 0.05) is 38.2 Å². The van der Waals surface area contributed by atoms with Gasteiger partial charge in [-0.3, -0.25) is 0 Å². The molecule has 5 nitrogen and oxygen atoms in total. The van der Waals surface area contributed by atoms with Crippen molar-refractivity contribution in [2.45, 2.75) is 0 Å². The molecule has 0 aliphatic rings. The fourth-order valence-corrected chi connectivity index (χ4v) is 6.95. The minimum atomic E-state index is 0.588. The summed E-state index contributed by atoms with van der Waals surface area (Å²) < 4.78 is 12.8. The van der Waals surface area contributed by atoms with Crippen LogP contribution < -0.4 is 0 Å². The van der Waals surface area contributed by atoms with Crippen LogP contribution in [0.25, 0.3) is 99.9 Å². The van der Waals surface area contributed by atoms with Crippen molar-refractivity contribution < 1.29 is 8.83 Å². The average molecular weight is 616 g/mol. The number of furan rings is 2. The van der Waals surface area contributed by atoms with Gasteiger partial charge in [-0.2, -0.15) is 0 Å². The Balaban J connectivity index is 1.28. The molecule has 7 aromatic carbocycles. The zero-order valence-corrected chi connectivity index (χ0v) is 25.6. The van der Waals surface area contributed by atoms with E-state index >= 15 is 0 Å². The second-order valence-corrected chi connectivity index (χ2v) is 12.0. The second-order valence-electron chi connectivity index (χ2n) is 12.0. The van der Waals surface area contributed by atoms with Crippen LogP contribution in [0.3, 0.4) is 0 Å². The molecule has 0 atom stereocenters. The third kappa shape index (κ3) is 4.15. The Morgan fingerprint density at radius 2 is 0.875 bits per heavy atom. The lowest BCUT2D eigenvalue weighted by Gasteiger charge is -2.12. The maximum absolute atomic E-state index is 6.55. The van der Waals surface area contributed by atoms with E-state index in [0.29, 0.717) is 17.5 Å². The van der Waals surface area contributed by atoms with Gasteiger partial charge in [0.1, 0.15) is 22.3 Å². The molecule has 5 heteroatoms. The highest BCUT2D eigenvalue weighted by Gasteiger charge is 2.21. The fourth-order valence-electron chi connectivity index (χ4n) is 6.95. The van der Waals surface area contributed by atoms with Crippen molar-refractivity contribution in [3.05, 3.63) is 152 Å². The van der Waals surface area contributed by atoms with E-state index in [1.807, 2.05) is 91.0 Å². The van der Waals surface area contributed by atoms with Crippen molar-refractivity contribution in [3.63, 3.8) is 0 Å². The monoisotopic (exact) mass is 615 g/mol. The number of hydrogen-bond donors (Lipinski definition) is 0. The maximum Gasteiger partial charge on any atom is 0.164 e. The summed E-state index contributed by atoms with van der Waals surface area (Å²) in [6, 6.07) is 51.5. The van der Waals surface area contributed by atoms with Gasteiger partial charge >= 0.3 is 0 Å². The van der Waals surface area contributed by atoms with Crippen LogP contribution in [0.4, 0.5) is 0 Å². The van der Waals surface area contributed by atoms with E-state index in [1.54, 1.807) is 0 Å². The highest BCUT2D eigenvalue weighted by molar-refractivity contribution is 6.21. The third-order valence-electron chi connectivity index (χ3n) is 9.13. The summed E-state index contributed by atoms with van der Waals surface area (Å²) >= 11 is 0. The molecule has 10 aromatic rings. The predicted molar refractivity (Wildman–Crippen MR) is 194 cm³/mol. The smallest absolute Gasteiger partial charge is 0.164 e. The molecular weight excluding hydrogens is 590 g/mol. The lowest BCUT2D eigenvalue weighted by Crippen LogP contribution is -2.00. The number of hydrogen-bond acceptors (Lipinski definition) is 5. The number of aromatic nitrogens is 3. The summed E-state index contributed by atoms with van der Waals surface area (Å²) in [7, 11) is 0. The molecule has 0 spiro atoms. The normalized spacial score (nSPS) is 11.8. The first-order chi connectivity index (χ1) is 23.8. The molecular formula is C43H25N3O2. The summed E-state index contributed by atoms with van der Waals surface area (Å²) in [6.07, 6.45) is 0. The zero-order chi connectivity index (χ0) is 31.6. The number of nitrogens with zero attached hydrogens (tertiary/aromatic N) is 3. The van der Waals surface area contributed by atoms with Crippen LogP contribution in [0.1, 0.15) is 0 Å². The van der Waals surface area contributed by atoms with Crippen LogP contribution in [0.15, 0.2) is 160 Å². The second kappa shape index (κ2) is 10.5. The number of para-hydroxylation sites is 2. The molecule has 224 valence electrons. The van der Waals surface area contributed by atoms with Gasteiger partial charge in [-0.1, -0.05) is 121 Å². The van der Waals surface area contributed by atoms with Gasteiger partial charge in [-0.15, -0.1) is 0 Å². The van der Waals surface area contributed by atoms with Crippen LogP contribution in [-0.4, -0.2) is 15.0 Å². The molecule has 10 rings (SSSR count). The molecule has 3 aromatic heterocycles. The minimum absolute atomic E-state index is 0.588. The van der Waals surface area contributed by atoms with Crippen molar-refractivity contribution in [3.8, 4) is 45.3 Å². The maximum atomic E-state index is 6.55. The summed E-state index contributed by atoms with van der Waals surface area (Å²) in [4.78, 5) is 15.2. The number of benzene rings is 7. The Hall–Kier alpha value is -6.59. The minimum Gasteiger partial charge on any atom is -0.456 e. The Kier molecular flexibility index (Phi) is 5.81. The fraction of sp³-hybridized carbons (Fsp3) is 0. The molecule has 0 N–H and O–H groups in total. The van der Waals surface area contributed by atoms with Crippen LogP contribution in [0.5, 0.6) is 0 Å². The molecule has 0 aliphatic carbocycles. The van der Waals surface area contributed by atoms with Crippen molar-refractivity contribution in [2.75, 3.05) is 0 Å². The van der Waals surface area contributed by atoms with Crippen molar-refractivity contribution in [1.29, 1.82) is 0 Å². The van der Waals surface area contributed by atoms with E-state index in [-0.39, 0.29) is 0 Å². The Labute approximate surface area is 274 Å². The first-order valence-corrected chi connectivity index (χ1v) is 15.9. The Morgan fingerprint density at radius 3 is 1.56 bits per heavy atom. The highest BCUT2D eigenvalue weighted by Crippen LogP contribution is 2.43. The standard InChI is InChI=1S/C43H25N3O2/c1-3-12-26(13-4-1)41-44-42(27-14-5-2-6-15-27)46-43(45-41)34-24-28(25-38-40(34)33-17-8-10-21-36(33)48-38)29-18-11-19-31-30(29)22-23-37-39(31)32-16-7-9-20-35(32)47-37/h1-25H. The van der Waals surface area contributed by atoms with E-state index in [0.717, 1.165) is 82.5 Å². The van der Waals surface area contributed by atoms with E-state index in [1.165, 1.54) is 0 Å². The van der Waals surface area contributed by atoms with Crippen molar-refractivity contribution in [2.24, 2.45) is 0 Å². The van der Waals surface area contributed by atoms with E-state index in [9.17, 15) is 0 Å². The topological polar surface area (TPSA) is 65.0 Å². The predicted octanol–water partition coefficient (Wildman–Crippen LogP) is 11.5. The van der Waals surface area contributed by atoms with Gasteiger partial charge in [0.15, 0.2) is 17.5 Å². The van der Waals surface area contributed by atoms with Gasteiger partial charge in [-0.05, 0) is 52.2 Å². The van der Waals surface area contributed by atoms with Crippen LogP contribution in [0, 0.1) is 0 Å². The average Bonchev–Trinajstić information content (AvgIpc) is 3.73. The molecule has 0 amide bonds. The summed E-state index contributed by atoms with van der Waals surface area (Å²) in [6.45, 7) is 0. The third-order valence-corrected chi connectivity index (χ3v) is 9.13. The van der Waals surface area contributed by atoms with Gasteiger partial charge < -0.3 is 8.83 Å². The molecule has 0 radical (unpaired) electrons. The Morgan fingerprint density at radius 1 is 0.312 bits per heavy atom. The number of rotatable bonds is 4. The van der Waals surface area contributed by atoms with Gasteiger partial charge in [0.2, 0.25) is 0 Å². The highest BCUT2D eigenvalue weighted by atomic mass is 16.3. The van der Waals surface area contributed by atoms with Gasteiger partial charge in [0.05, 0.1) is 0 Å². The van der Waals surface area contributed by atoms with Crippen LogP contribution in [-0.2, 0) is 0 Å². The first kappa shape index (κ1) is 26.6. The molecule has 0 aliphatic heterocycles. The lowest BCUT2D eigenvalue weighted by atomic mass is 9.93. The zero-order valence-electron chi connectivity index (χ0n) is 25.6. The molecule has 0 fully saturated rings. The molecule has 3 heterocycles. The van der Waals surface area contributed by atoms with E-state index in [4.69, 9.17) is 23.8 Å². The summed E-state index contributed by atoms with van der Waals surface area (Å²) in [5.41, 5.74) is 8.18. The summed E-state index contributed by atoms with van der Waals surface area (Å²) in [5, 5.41) is 6.48. The van der Waals surface area contributed by atoms with Crippen molar-refractivity contribution >= 4 is 54.6 Å². The molecule has 0 unspecified atom stereocenters. The van der Waals surface area contributed by atoms with Crippen LogP contribution in [0.2, 0.25) is 0 Å². The van der Waals surface area contributed by atoms with E-state index < -0.39 is 0 Å². The van der Waals surface area contributed by atoms with Crippen molar-refractivity contribution in [1.82, 2.24) is 15.0 Å². The molecule has 48 heavy (non-hydrogen) atoms. The molecule has 0 bridgehead atoms. The SMILES string of the molecule is c1ccc(-c2nc(-c3ccccc3)nc(-c3cc(-c4cccc5c4ccc4oc6ccccc6c45)cc4oc5ccccc5c34)n2)cc1. The lowest BCUT2D eigenvalue weighted by molar-refractivity contribution is 0.668.